The van der Waals surface area contributed by atoms with Crippen molar-refractivity contribution in [1.82, 2.24) is 4.86 Å². The first-order valence-corrected chi connectivity index (χ1v) is 8.05. The molecule has 0 saturated heterocycles. The Hall–Kier alpha value is 0.420. The van der Waals surface area contributed by atoms with Gasteiger partial charge in [-0.3, -0.25) is 0 Å². The van der Waals surface area contributed by atoms with E-state index in [4.69, 9.17) is 10.3 Å². The van der Waals surface area contributed by atoms with Crippen molar-refractivity contribution in [2.24, 2.45) is 0 Å². The standard InChI is InChI=1S/C4H15N3P2/c1-8(2,5)7-9(3,4)6/h1-4H3,(H3,5,6,7). The molecular formula is C4H15N3P2. The van der Waals surface area contributed by atoms with Gasteiger partial charge in [-0.05, 0) is 26.7 Å². The third-order valence-corrected chi connectivity index (χ3v) is 4.50. The van der Waals surface area contributed by atoms with Gasteiger partial charge in [0.05, 0.1) is 0 Å². The predicted molar refractivity (Wildman–Crippen MR) is 46.1 cm³/mol. The van der Waals surface area contributed by atoms with Crippen LogP contribution in [-0.4, -0.2) is 26.7 Å². The minimum atomic E-state index is -1.68. The fourth-order valence-electron chi connectivity index (χ4n) is 0.625. The molecule has 0 atom stereocenters. The zero-order chi connectivity index (χ0) is 7.71. The molecule has 0 aliphatic heterocycles. The Bertz CT molecular complexity index is 154. The summed E-state index contributed by atoms with van der Waals surface area (Å²) in [6.07, 6.45) is 0. The third kappa shape index (κ3) is 8.42. The minimum Gasteiger partial charge on any atom is -0.304 e. The Balaban J connectivity index is 4.07. The molecule has 0 saturated carbocycles. The Labute approximate surface area is 57.1 Å². The van der Waals surface area contributed by atoms with Crippen LogP contribution >= 0.6 is 14.4 Å². The van der Waals surface area contributed by atoms with E-state index in [0.29, 0.717) is 0 Å². The number of hydrogen-bond donors (Lipinski definition) is 3. The maximum absolute atomic E-state index is 7.50. The van der Waals surface area contributed by atoms with E-state index in [0.717, 1.165) is 0 Å². The van der Waals surface area contributed by atoms with Gasteiger partial charge in [0.15, 0.2) is 0 Å². The van der Waals surface area contributed by atoms with Gasteiger partial charge in [0, 0.05) is 14.4 Å². The van der Waals surface area contributed by atoms with E-state index in [2.05, 4.69) is 4.86 Å². The van der Waals surface area contributed by atoms with Gasteiger partial charge < -0.3 is 10.3 Å². The van der Waals surface area contributed by atoms with Crippen molar-refractivity contribution < 1.29 is 0 Å². The van der Waals surface area contributed by atoms with Crippen molar-refractivity contribution in [1.29, 1.82) is 10.3 Å². The molecule has 0 fully saturated rings. The first kappa shape index (κ1) is 9.42. The molecule has 9 heavy (non-hydrogen) atoms. The van der Waals surface area contributed by atoms with E-state index >= 15 is 0 Å². The minimum absolute atomic E-state index is 1.68. The van der Waals surface area contributed by atoms with E-state index in [9.17, 15) is 0 Å². The summed E-state index contributed by atoms with van der Waals surface area (Å²) < 4.78 is 0. The highest BCUT2D eigenvalue weighted by Crippen LogP contribution is 2.46. The van der Waals surface area contributed by atoms with Crippen LogP contribution in [0.1, 0.15) is 0 Å². The van der Waals surface area contributed by atoms with Gasteiger partial charge in [-0.25, -0.2) is 4.86 Å². The number of rotatable bonds is 2. The topological polar surface area (TPSA) is 59.7 Å². The monoisotopic (exact) mass is 167 g/mol. The highest BCUT2D eigenvalue weighted by Gasteiger charge is 2.07. The first-order chi connectivity index (χ1) is 3.71. The average Bonchev–Trinajstić information content (AvgIpc) is 1.14. The van der Waals surface area contributed by atoms with Crippen molar-refractivity contribution in [3.8, 4) is 0 Å². The Morgan fingerprint density at radius 3 is 1.11 bits per heavy atom. The van der Waals surface area contributed by atoms with E-state index < -0.39 is 14.4 Å². The normalized spacial score (nSPS) is 13.8. The summed E-state index contributed by atoms with van der Waals surface area (Å²) in [5.41, 5.74) is 0. The van der Waals surface area contributed by atoms with Gasteiger partial charge in [-0.2, -0.15) is 0 Å². The molecule has 0 aromatic carbocycles. The lowest BCUT2D eigenvalue weighted by Gasteiger charge is -2.19. The van der Waals surface area contributed by atoms with Gasteiger partial charge >= 0.3 is 0 Å². The fourth-order valence-corrected chi connectivity index (χ4v) is 5.62. The van der Waals surface area contributed by atoms with Crippen LogP contribution < -0.4 is 4.86 Å². The molecule has 0 bridgehead atoms. The van der Waals surface area contributed by atoms with Crippen molar-refractivity contribution in [3.05, 3.63) is 0 Å². The van der Waals surface area contributed by atoms with E-state index in [-0.39, 0.29) is 0 Å². The van der Waals surface area contributed by atoms with Gasteiger partial charge in [0.25, 0.3) is 0 Å². The second-order valence-corrected chi connectivity index (χ2v) is 9.62. The van der Waals surface area contributed by atoms with Crippen LogP contribution in [0.3, 0.4) is 0 Å². The van der Waals surface area contributed by atoms with Gasteiger partial charge in [0.2, 0.25) is 0 Å². The molecule has 0 radical (unpaired) electrons. The summed E-state index contributed by atoms with van der Waals surface area (Å²) in [6, 6.07) is 0. The lowest BCUT2D eigenvalue weighted by Crippen LogP contribution is -2.01. The fraction of sp³-hybridized carbons (Fsp3) is 1.00. The lowest BCUT2D eigenvalue weighted by molar-refractivity contribution is 1.41. The highest BCUT2D eigenvalue weighted by molar-refractivity contribution is 7.76. The molecule has 0 aliphatic rings. The Morgan fingerprint density at radius 2 is 1.11 bits per heavy atom. The Kier molecular flexibility index (Phi) is 2.69. The predicted octanol–water partition coefficient (Wildman–Crippen LogP) is 2.49. The largest absolute Gasteiger partial charge is 0.304 e. The first-order valence-electron chi connectivity index (χ1n) is 2.68. The second kappa shape index (κ2) is 2.57. The molecule has 0 rings (SSSR count). The van der Waals surface area contributed by atoms with Crippen LogP contribution in [0.25, 0.3) is 0 Å². The summed E-state index contributed by atoms with van der Waals surface area (Å²) >= 11 is 0. The summed E-state index contributed by atoms with van der Waals surface area (Å²) in [5, 5.41) is 15.0. The number of hydrogen-bond acceptors (Lipinski definition) is 2. The van der Waals surface area contributed by atoms with Gasteiger partial charge in [-0.1, -0.05) is 0 Å². The van der Waals surface area contributed by atoms with E-state index in [1.807, 2.05) is 26.7 Å². The van der Waals surface area contributed by atoms with Crippen molar-refractivity contribution in [2.75, 3.05) is 26.7 Å². The van der Waals surface area contributed by atoms with Gasteiger partial charge in [0.1, 0.15) is 0 Å². The molecule has 5 heteroatoms. The van der Waals surface area contributed by atoms with Crippen LogP contribution in [0, 0.1) is 10.3 Å². The zero-order valence-electron chi connectivity index (χ0n) is 6.39. The smallest absolute Gasteiger partial charge is 0.0246 e. The van der Waals surface area contributed by atoms with Crippen LogP contribution in [0.15, 0.2) is 0 Å². The quantitative estimate of drug-likeness (QED) is 0.543. The summed E-state index contributed by atoms with van der Waals surface area (Å²) in [6.45, 7) is 7.46. The summed E-state index contributed by atoms with van der Waals surface area (Å²) in [5.74, 6) is 0. The zero-order valence-corrected chi connectivity index (χ0v) is 8.18. The van der Waals surface area contributed by atoms with Crippen LogP contribution in [0.5, 0.6) is 0 Å². The van der Waals surface area contributed by atoms with E-state index in [1.165, 1.54) is 0 Å². The van der Waals surface area contributed by atoms with Crippen molar-refractivity contribution >= 4 is 14.4 Å². The molecule has 0 heterocycles. The molecule has 3 N–H and O–H groups in total. The molecule has 0 aliphatic carbocycles. The second-order valence-electron chi connectivity index (χ2n) is 3.01. The van der Waals surface area contributed by atoms with Crippen LogP contribution in [0.2, 0.25) is 0 Å². The third-order valence-electron chi connectivity index (χ3n) is 0.500. The summed E-state index contributed by atoms with van der Waals surface area (Å²) in [7, 11) is -3.35. The molecule has 0 aromatic rings. The maximum atomic E-state index is 7.50. The maximum Gasteiger partial charge on any atom is 0.0246 e. The van der Waals surface area contributed by atoms with Crippen molar-refractivity contribution in [2.45, 2.75) is 0 Å². The lowest BCUT2D eigenvalue weighted by atomic mass is 11.9. The van der Waals surface area contributed by atoms with E-state index in [1.54, 1.807) is 0 Å². The van der Waals surface area contributed by atoms with Crippen molar-refractivity contribution in [3.63, 3.8) is 0 Å². The molecular weight excluding hydrogens is 152 g/mol. The average molecular weight is 167 g/mol. The molecule has 0 spiro atoms. The SMILES string of the molecule is CP(C)(=N)NP(C)(C)=N. The summed E-state index contributed by atoms with van der Waals surface area (Å²) in [4.78, 5) is 3.01. The number of nitrogens with one attached hydrogen (secondary N) is 3. The molecule has 0 amide bonds. The molecule has 56 valence electrons. The Morgan fingerprint density at radius 1 is 0.889 bits per heavy atom. The van der Waals surface area contributed by atoms with Gasteiger partial charge in [-0.15, -0.1) is 0 Å². The van der Waals surface area contributed by atoms with Crippen LogP contribution in [-0.2, 0) is 0 Å². The molecule has 0 aromatic heterocycles. The molecule has 0 unspecified atom stereocenters. The van der Waals surface area contributed by atoms with Crippen LogP contribution in [0.4, 0.5) is 0 Å². The molecule has 3 nitrogen and oxygen atoms in total. The highest BCUT2D eigenvalue weighted by atomic mass is 31.2.